The number of likely N-dealkylation sites (tertiary alicyclic amines) is 2. The standard InChI is InChI=1S/C27H30F3N7O4.C23H22ClF3N6O4.C5H9NO2.2CH4.Na/c1-4-9-36-24(38)21-23(35(5-2)26(36)40)32-22(37(21)16-41-25(39)19-13-33(3)14-19)18-11-31-34(15-18)12-17-7-6-8-20(10-17)27(28,29)30;1-3-8-32-20(34)17-19(31(4-2)21(32)35)29-18(33(17)22(36)37-13-24)15-10-28-30(12-15)11-14-6-5-7-16(9-14)23(25,26)27;1-6-2-4(3-6)5(7)8;;;/h6-8,10-11,15,19H,4-5,9,12-14,16H2,1-3H3;5-7,9-10,12H,3-4,8,11,13H2,1-2H3;4H,2-3H2,1H3,(H,7,8);2*1H4;/q;;;;;+1/p-1. The fraction of sp³-hybridized carbons (Fsp3) is 0.456. The molecule has 0 atom stereocenters. The van der Waals surface area contributed by atoms with E-state index in [2.05, 4.69) is 20.2 Å². The van der Waals surface area contributed by atoms with Gasteiger partial charge in [-0.05, 0) is 76.2 Å². The fourth-order valence-electron chi connectivity index (χ4n) is 9.91. The first-order valence-corrected chi connectivity index (χ1v) is 27.7. The van der Waals surface area contributed by atoms with Crippen LogP contribution in [0.2, 0.25) is 0 Å². The number of aliphatic carboxylic acids is 1. The molecule has 0 N–H and O–H groups in total. The number of hydrogen-bond donors (Lipinski definition) is 0. The molecule has 0 saturated carbocycles. The quantitative estimate of drug-likeness (QED) is 0.0549. The molecule has 10 rings (SSSR count). The van der Waals surface area contributed by atoms with Crippen LogP contribution in [0.4, 0.5) is 31.1 Å². The van der Waals surface area contributed by atoms with Crippen LogP contribution in [0.5, 0.6) is 0 Å². The second-order valence-electron chi connectivity index (χ2n) is 20.5. The van der Waals surface area contributed by atoms with Gasteiger partial charge in [0, 0.05) is 76.6 Å². The van der Waals surface area contributed by atoms with E-state index in [0.717, 1.165) is 38.0 Å². The van der Waals surface area contributed by atoms with E-state index in [9.17, 15) is 65.0 Å². The summed E-state index contributed by atoms with van der Waals surface area (Å²) in [5, 5.41) is 18.5. The number of fused-ring (bicyclic) bond motifs is 2. The molecule has 8 aromatic rings. The Bertz CT molecular complexity index is 4060. The summed E-state index contributed by atoms with van der Waals surface area (Å²) in [6.45, 7) is 10.1. The predicted molar refractivity (Wildman–Crippen MR) is 311 cm³/mol. The van der Waals surface area contributed by atoms with Gasteiger partial charge >= 0.3 is 65.4 Å². The molecule has 8 heterocycles. The minimum Gasteiger partial charge on any atom is -0.550 e. The number of nitrogens with zero attached hydrogens (tertiary/aromatic N) is 14. The van der Waals surface area contributed by atoms with Gasteiger partial charge in [0.2, 0.25) is 0 Å². The van der Waals surface area contributed by atoms with Crippen molar-refractivity contribution in [3.05, 3.63) is 137 Å². The van der Waals surface area contributed by atoms with Gasteiger partial charge in [0.05, 0.1) is 53.7 Å². The zero-order valence-electron chi connectivity index (χ0n) is 48.5. The van der Waals surface area contributed by atoms with Crippen LogP contribution in [0.1, 0.15) is 77.6 Å². The number of imidazole rings is 2. The Morgan fingerprint density at radius 2 is 1.07 bits per heavy atom. The van der Waals surface area contributed by atoms with E-state index in [0.29, 0.717) is 55.7 Å². The molecule has 6 aromatic heterocycles. The van der Waals surface area contributed by atoms with Crippen molar-refractivity contribution in [3.8, 4) is 22.8 Å². The van der Waals surface area contributed by atoms with Crippen molar-refractivity contribution in [3.63, 3.8) is 0 Å². The van der Waals surface area contributed by atoms with Crippen molar-refractivity contribution in [2.24, 2.45) is 11.8 Å². The third-order valence-corrected chi connectivity index (χ3v) is 14.2. The number of carboxylic acids is 1. The van der Waals surface area contributed by atoms with Crippen LogP contribution in [-0.4, -0.2) is 131 Å². The second kappa shape index (κ2) is 30.2. The summed E-state index contributed by atoms with van der Waals surface area (Å²) in [6.07, 6.45) is -3.03. The van der Waals surface area contributed by atoms with E-state index in [1.54, 1.807) is 33.0 Å². The van der Waals surface area contributed by atoms with Gasteiger partial charge in [-0.1, -0.05) is 64.6 Å². The number of ether oxygens (including phenoxy) is 2. The molecule has 476 valence electrons. The van der Waals surface area contributed by atoms with Gasteiger partial charge in [0.15, 0.2) is 40.9 Å². The first-order chi connectivity index (χ1) is 40.8. The number of benzene rings is 2. The zero-order chi connectivity index (χ0) is 62.5. The van der Waals surface area contributed by atoms with Crippen LogP contribution in [0.25, 0.3) is 45.1 Å². The number of aromatic nitrogens is 12. The van der Waals surface area contributed by atoms with Crippen LogP contribution in [0.3, 0.4) is 0 Å². The van der Waals surface area contributed by atoms with Gasteiger partial charge in [-0.25, -0.2) is 28.9 Å². The topological polar surface area (TPSA) is 258 Å². The van der Waals surface area contributed by atoms with Crippen molar-refractivity contribution < 1.29 is 84.9 Å². The van der Waals surface area contributed by atoms with Gasteiger partial charge < -0.3 is 29.2 Å². The Labute approximate surface area is 532 Å². The molecule has 32 heteroatoms. The van der Waals surface area contributed by atoms with Crippen LogP contribution in [0.15, 0.2) is 92.5 Å². The Morgan fingerprint density at radius 1 is 0.629 bits per heavy atom. The van der Waals surface area contributed by atoms with Gasteiger partial charge in [0.1, 0.15) is 5.82 Å². The number of carbonyl (C=O) groups excluding carboxylic acids is 3. The van der Waals surface area contributed by atoms with Crippen molar-refractivity contribution in [2.45, 2.75) is 114 Å². The summed E-state index contributed by atoms with van der Waals surface area (Å²) in [7, 11) is 3.78. The Hall–Kier alpha value is -7.64. The van der Waals surface area contributed by atoms with Crippen LogP contribution in [0, 0.1) is 11.8 Å². The minimum absolute atomic E-state index is 0. The number of esters is 1. The normalized spacial score (nSPS) is 13.6. The average Bonchev–Trinajstić information content (AvgIpc) is 2.02. The number of rotatable bonds is 17. The molecule has 89 heavy (non-hydrogen) atoms. The van der Waals surface area contributed by atoms with Gasteiger partial charge in [0.25, 0.3) is 11.1 Å². The van der Waals surface area contributed by atoms with Crippen LogP contribution < -0.4 is 57.2 Å². The molecule has 2 fully saturated rings. The van der Waals surface area contributed by atoms with E-state index < -0.39 is 70.1 Å². The van der Waals surface area contributed by atoms with E-state index in [1.165, 1.54) is 59.9 Å². The zero-order valence-corrected chi connectivity index (χ0v) is 51.2. The fourth-order valence-corrected chi connectivity index (χ4v) is 10.0. The maximum Gasteiger partial charge on any atom is 1.00 e. The summed E-state index contributed by atoms with van der Waals surface area (Å²) < 4.78 is 99.4. The van der Waals surface area contributed by atoms with Crippen molar-refractivity contribution in [1.29, 1.82) is 0 Å². The molecular formula is C57H68ClF6N14NaO10. The Morgan fingerprint density at radius 3 is 1.48 bits per heavy atom. The molecule has 0 radical (unpaired) electrons. The SMILES string of the molecule is C.C.CCCn1c(=O)c2c(nc(-c3cnn(Cc4cccc(C(F)(F)F)c4)c3)n2C(=O)OCCl)n(CC)c1=O.CCCn1c(=O)c2c(nc(-c3cnn(Cc4cccc(C(F)(F)F)c4)c3)n2COC(=O)C2CN(C)C2)n(CC)c1=O.CN1CC(C(=O)[O-])C1.[Na+]. The summed E-state index contributed by atoms with van der Waals surface area (Å²) in [4.78, 5) is 101. The molecule has 0 amide bonds. The molecule has 0 spiro atoms. The molecule has 24 nitrogen and oxygen atoms in total. The van der Waals surface area contributed by atoms with Gasteiger partial charge in [-0.2, -0.15) is 36.5 Å². The number of carboxylic acid groups (broad SMARTS) is 1. The minimum atomic E-state index is -4.49. The van der Waals surface area contributed by atoms with Crippen LogP contribution >= 0.6 is 11.6 Å². The number of carbonyl (C=O) groups is 3. The van der Waals surface area contributed by atoms with E-state index in [4.69, 9.17) is 21.1 Å². The first-order valence-electron chi connectivity index (χ1n) is 27.2. The molecule has 0 bridgehead atoms. The molecule has 2 aliphatic heterocycles. The van der Waals surface area contributed by atoms with E-state index in [1.807, 2.05) is 30.8 Å². The first kappa shape index (κ1) is 72.1. The van der Waals surface area contributed by atoms with Crippen molar-refractivity contribution in [2.75, 3.05) is 46.3 Å². The predicted octanol–water partition coefficient (Wildman–Crippen LogP) is 3.26. The summed E-state index contributed by atoms with van der Waals surface area (Å²) >= 11 is 5.59. The van der Waals surface area contributed by atoms with Gasteiger partial charge in [-0.15, -0.1) is 0 Å². The molecule has 2 saturated heterocycles. The van der Waals surface area contributed by atoms with E-state index >= 15 is 0 Å². The smallest absolute Gasteiger partial charge is 0.550 e. The summed E-state index contributed by atoms with van der Waals surface area (Å²) in [5.41, 5.74) is -2.34. The third kappa shape index (κ3) is 15.9. The largest absolute Gasteiger partial charge is 1.00 e. The van der Waals surface area contributed by atoms with Crippen molar-refractivity contribution in [1.82, 2.24) is 66.7 Å². The van der Waals surface area contributed by atoms with E-state index in [-0.39, 0.29) is 142 Å². The van der Waals surface area contributed by atoms with Crippen molar-refractivity contribution >= 4 is 52.0 Å². The number of aryl methyl sites for hydroxylation is 2. The molecule has 2 aromatic carbocycles. The Balaban J connectivity index is 0.000000280. The average molecular weight is 1280 g/mol. The molecule has 2 aliphatic rings. The summed E-state index contributed by atoms with van der Waals surface area (Å²) in [6, 6.07) is 9.29. The molecule has 0 unspecified atom stereocenters. The molecule has 0 aliphatic carbocycles. The monoisotopic (exact) mass is 1280 g/mol. The second-order valence-corrected chi connectivity index (χ2v) is 20.7. The maximum absolute atomic E-state index is 13.5. The van der Waals surface area contributed by atoms with Crippen LogP contribution in [-0.2, 0) is 77.4 Å². The maximum atomic E-state index is 13.5. The van der Waals surface area contributed by atoms with Gasteiger partial charge in [-0.3, -0.25) is 46.6 Å². The number of halogens is 7. The number of alkyl halides is 7. The molecular weight excluding hydrogens is 1210 g/mol. The Kier molecular flexibility index (Phi) is 24.5. The third-order valence-electron chi connectivity index (χ3n) is 14.1. The number of hydrogen-bond acceptors (Lipinski definition) is 16. The summed E-state index contributed by atoms with van der Waals surface area (Å²) in [5.74, 6) is -1.61.